The van der Waals surface area contributed by atoms with Crippen LogP contribution >= 0.6 is 0 Å². The SMILES string of the molecule is COC(=O)/C=C/c1cc2ccc(C(=O)OC)cc2c2ccccc12. The lowest BCUT2D eigenvalue weighted by Crippen LogP contribution is -2.00. The van der Waals surface area contributed by atoms with E-state index >= 15 is 0 Å². The summed E-state index contributed by atoms with van der Waals surface area (Å²) in [6, 6.07) is 15.3. The van der Waals surface area contributed by atoms with Crippen molar-refractivity contribution in [3.05, 3.63) is 65.7 Å². The Morgan fingerprint density at radius 2 is 1.62 bits per heavy atom. The second kappa shape index (κ2) is 6.54. The van der Waals surface area contributed by atoms with Gasteiger partial charge in [-0.3, -0.25) is 0 Å². The molecular formula is C20H16O4. The Kier molecular flexibility index (Phi) is 4.29. The van der Waals surface area contributed by atoms with Gasteiger partial charge in [-0.2, -0.15) is 0 Å². The van der Waals surface area contributed by atoms with Crippen molar-refractivity contribution in [2.75, 3.05) is 14.2 Å². The van der Waals surface area contributed by atoms with E-state index < -0.39 is 5.97 Å². The summed E-state index contributed by atoms with van der Waals surface area (Å²) >= 11 is 0. The van der Waals surface area contributed by atoms with Gasteiger partial charge in [0.25, 0.3) is 0 Å². The fraction of sp³-hybridized carbons (Fsp3) is 0.100. The smallest absolute Gasteiger partial charge is 0.337 e. The second-order valence-electron chi connectivity index (χ2n) is 5.30. The first kappa shape index (κ1) is 15.7. The molecule has 0 aliphatic rings. The zero-order chi connectivity index (χ0) is 17.1. The molecule has 0 aliphatic carbocycles. The summed E-state index contributed by atoms with van der Waals surface area (Å²) in [7, 11) is 2.71. The molecule has 3 rings (SSSR count). The molecule has 0 spiro atoms. The van der Waals surface area contributed by atoms with Crippen molar-refractivity contribution < 1.29 is 19.1 Å². The molecule has 4 heteroatoms. The molecule has 0 unspecified atom stereocenters. The van der Waals surface area contributed by atoms with Gasteiger partial charge in [0.1, 0.15) is 0 Å². The molecule has 0 radical (unpaired) electrons. The predicted molar refractivity (Wildman–Crippen MR) is 93.8 cm³/mol. The molecule has 0 fully saturated rings. The van der Waals surface area contributed by atoms with Gasteiger partial charge >= 0.3 is 11.9 Å². The number of ether oxygens (including phenoxy) is 2. The molecular weight excluding hydrogens is 304 g/mol. The van der Waals surface area contributed by atoms with Crippen LogP contribution in [0.15, 0.2) is 54.6 Å². The molecule has 0 N–H and O–H groups in total. The van der Waals surface area contributed by atoms with Crippen LogP contribution in [-0.2, 0) is 14.3 Å². The number of rotatable bonds is 3. The van der Waals surface area contributed by atoms with E-state index in [4.69, 9.17) is 4.74 Å². The zero-order valence-electron chi connectivity index (χ0n) is 13.4. The first-order valence-electron chi connectivity index (χ1n) is 7.44. The van der Waals surface area contributed by atoms with Crippen LogP contribution < -0.4 is 0 Å². The quantitative estimate of drug-likeness (QED) is 0.416. The first-order valence-corrected chi connectivity index (χ1v) is 7.44. The Hall–Kier alpha value is -3.14. The minimum Gasteiger partial charge on any atom is -0.466 e. The number of esters is 2. The number of carbonyl (C=O) groups is 2. The van der Waals surface area contributed by atoms with E-state index in [0.717, 1.165) is 27.1 Å². The summed E-state index contributed by atoms with van der Waals surface area (Å²) in [6.45, 7) is 0. The third-order valence-corrected chi connectivity index (χ3v) is 3.91. The average molecular weight is 320 g/mol. The van der Waals surface area contributed by atoms with E-state index in [2.05, 4.69) is 4.74 Å². The Morgan fingerprint density at radius 3 is 2.33 bits per heavy atom. The molecule has 0 atom stereocenters. The maximum atomic E-state index is 11.8. The van der Waals surface area contributed by atoms with Crippen molar-refractivity contribution >= 4 is 39.6 Å². The van der Waals surface area contributed by atoms with E-state index in [-0.39, 0.29) is 5.97 Å². The highest BCUT2D eigenvalue weighted by Gasteiger charge is 2.10. The molecule has 0 amide bonds. The van der Waals surface area contributed by atoms with Crippen LogP contribution in [0.4, 0.5) is 0 Å². The third kappa shape index (κ3) is 2.86. The number of hydrogen-bond donors (Lipinski definition) is 0. The molecule has 0 aromatic heterocycles. The van der Waals surface area contributed by atoms with Crippen molar-refractivity contribution in [2.24, 2.45) is 0 Å². The van der Waals surface area contributed by atoms with E-state index in [1.807, 2.05) is 42.5 Å². The van der Waals surface area contributed by atoms with E-state index in [0.29, 0.717) is 5.56 Å². The minimum absolute atomic E-state index is 0.365. The van der Waals surface area contributed by atoms with E-state index in [9.17, 15) is 9.59 Å². The van der Waals surface area contributed by atoms with E-state index in [1.165, 1.54) is 20.3 Å². The normalized spacial score (nSPS) is 11.1. The molecule has 120 valence electrons. The molecule has 24 heavy (non-hydrogen) atoms. The Labute approximate surface area is 139 Å². The first-order chi connectivity index (χ1) is 11.6. The van der Waals surface area contributed by atoms with Crippen molar-refractivity contribution in [3.63, 3.8) is 0 Å². The van der Waals surface area contributed by atoms with Crippen molar-refractivity contribution in [1.29, 1.82) is 0 Å². The van der Waals surface area contributed by atoms with Crippen LogP contribution in [0.3, 0.4) is 0 Å². The van der Waals surface area contributed by atoms with Crippen LogP contribution in [0.1, 0.15) is 15.9 Å². The van der Waals surface area contributed by atoms with Crippen LogP contribution in [0.2, 0.25) is 0 Å². The second-order valence-corrected chi connectivity index (χ2v) is 5.30. The maximum absolute atomic E-state index is 11.8. The average Bonchev–Trinajstić information content (AvgIpc) is 2.64. The lowest BCUT2D eigenvalue weighted by molar-refractivity contribution is -0.134. The number of hydrogen-bond acceptors (Lipinski definition) is 4. The summed E-state index contributed by atoms with van der Waals surface area (Å²) in [6.07, 6.45) is 3.14. The van der Waals surface area contributed by atoms with E-state index in [1.54, 1.807) is 12.1 Å². The van der Waals surface area contributed by atoms with Crippen molar-refractivity contribution in [2.45, 2.75) is 0 Å². The monoisotopic (exact) mass is 320 g/mol. The summed E-state index contributed by atoms with van der Waals surface area (Å²) in [5.41, 5.74) is 1.42. The Bertz CT molecular complexity index is 970. The predicted octanol–water partition coefficient (Wildman–Crippen LogP) is 3.97. The fourth-order valence-electron chi connectivity index (χ4n) is 2.74. The topological polar surface area (TPSA) is 52.6 Å². The summed E-state index contributed by atoms with van der Waals surface area (Å²) in [4.78, 5) is 23.2. The molecule has 4 nitrogen and oxygen atoms in total. The highest BCUT2D eigenvalue weighted by molar-refractivity contribution is 6.12. The lowest BCUT2D eigenvalue weighted by atomic mass is 9.95. The molecule has 0 saturated heterocycles. The van der Waals surface area contributed by atoms with Gasteiger partial charge in [-0.25, -0.2) is 9.59 Å². The van der Waals surface area contributed by atoms with Gasteiger partial charge in [-0.1, -0.05) is 30.3 Å². The van der Waals surface area contributed by atoms with Gasteiger partial charge in [0.2, 0.25) is 0 Å². The van der Waals surface area contributed by atoms with Gasteiger partial charge in [-0.15, -0.1) is 0 Å². The Morgan fingerprint density at radius 1 is 0.875 bits per heavy atom. The van der Waals surface area contributed by atoms with Crippen molar-refractivity contribution in [3.8, 4) is 0 Å². The summed E-state index contributed by atoms with van der Waals surface area (Å²) < 4.78 is 9.45. The van der Waals surface area contributed by atoms with Crippen LogP contribution in [0, 0.1) is 0 Å². The summed E-state index contributed by atoms with van der Waals surface area (Å²) in [5.74, 6) is -0.768. The van der Waals surface area contributed by atoms with Gasteiger partial charge < -0.3 is 9.47 Å². The number of fused-ring (bicyclic) bond motifs is 3. The zero-order valence-corrected chi connectivity index (χ0v) is 13.4. The highest BCUT2D eigenvalue weighted by atomic mass is 16.5. The molecule has 0 saturated carbocycles. The lowest BCUT2D eigenvalue weighted by Gasteiger charge is -2.09. The summed E-state index contributed by atoms with van der Waals surface area (Å²) in [5, 5.41) is 3.94. The fourth-order valence-corrected chi connectivity index (χ4v) is 2.74. The standard InChI is InChI=1S/C20H16O4/c1-23-19(21)10-9-13-11-14-7-8-15(20(22)24-2)12-18(14)17-6-4-3-5-16(13)17/h3-12H,1-2H3/b10-9+. The van der Waals surface area contributed by atoms with Crippen LogP contribution in [-0.4, -0.2) is 26.2 Å². The molecule has 0 aliphatic heterocycles. The molecule has 0 heterocycles. The number of carbonyl (C=O) groups excluding carboxylic acids is 2. The highest BCUT2D eigenvalue weighted by Crippen LogP contribution is 2.30. The third-order valence-electron chi connectivity index (χ3n) is 3.91. The molecule has 3 aromatic carbocycles. The minimum atomic E-state index is -0.403. The van der Waals surface area contributed by atoms with Gasteiger partial charge in [0.05, 0.1) is 19.8 Å². The van der Waals surface area contributed by atoms with Gasteiger partial charge in [0, 0.05) is 6.08 Å². The molecule has 0 bridgehead atoms. The number of benzene rings is 3. The Balaban J connectivity index is 2.26. The van der Waals surface area contributed by atoms with Crippen molar-refractivity contribution in [1.82, 2.24) is 0 Å². The van der Waals surface area contributed by atoms with Gasteiger partial charge in [-0.05, 0) is 51.4 Å². The van der Waals surface area contributed by atoms with Crippen LogP contribution in [0.25, 0.3) is 27.6 Å². The maximum Gasteiger partial charge on any atom is 0.337 e. The molecule has 3 aromatic rings. The largest absolute Gasteiger partial charge is 0.466 e. The van der Waals surface area contributed by atoms with Gasteiger partial charge in [0.15, 0.2) is 0 Å². The number of methoxy groups -OCH3 is 2. The van der Waals surface area contributed by atoms with Crippen LogP contribution in [0.5, 0.6) is 0 Å².